The van der Waals surface area contributed by atoms with Gasteiger partial charge in [-0.1, -0.05) is 41.9 Å². The minimum atomic E-state index is -0.565. The van der Waals surface area contributed by atoms with Crippen molar-refractivity contribution in [2.24, 2.45) is 0 Å². The molecule has 8 heteroatoms. The van der Waals surface area contributed by atoms with Crippen LogP contribution in [0.1, 0.15) is 21.5 Å². The number of rotatable bonds is 6. The number of methoxy groups -OCH3 is 1. The third-order valence-electron chi connectivity index (χ3n) is 4.10. The number of anilines is 1. The summed E-state index contributed by atoms with van der Waals surface area (Å²) in [5.74, 6) is -1.06. The monoisotopic (exact) mass is 401 g/mol. The fraction of sp³-hybridized carbons (Fsp3) is 0.150. The van der Waals surface area contributed by atoms with Crippen LogP contribution in [0.2, 0.25) is 5.02 Å². The average Bonchev–Trinajstić information content (AvgIpc) is 2.72. The molecule has 1 aromatic heterocycles. The molecule has 0 aliphatic carbocycles. The summed E-state index contributed by atoms with van der Waals surface area (Å²) in [5, 5.41) is 6.96. The van der Waals surface area contributed by atoms with E-state index in [1.54, 1.807) is 0 Å². The molecule has 0 spiro atoms. The number of ether oxygens (including phenoxy) is 1. The van der Waals surface area contributed by atoms with E-state index < -0.39 is 17.3 Å². The zero-order valence-corrected chi connectivity index (χ0v) is 15.7. The predicted octanol–water partition coefficient (Wildman–Crippen LogP) is 3.48. The van der Waals surface area contributed by atoms with Crippen LogP contribution >= 0.6 is 11.6 Å². The molecule has 3 aromatic rings. The van der Waals surface area contributed by atoms with Gasteiger partial charge in [0.05, 0.1) is 31.1 Å². The largest absolute Gasteiger partial charge is 0.465 e. The van der Waals surface area contributed by atoms with Crippen molar-refractivity contribution < 1.29 is 13.9 Å². The molecule has 0 bridgehead atoms. The Kier molecular flexibility index (Phi) is 6.06. The number of carbonyl (C=O) groups is 1. The minimum Gasteiger partial charge on any atom is -0.465 e. The van der Waals surface area contributed by atoms with Gasteiger partial charge in [0.15, 0.2) is 0 Å². The van der Waals surface area contributed by atoms with E-state index in [0.29, 0.717) is 0 Å². The van der Waals surface area contributed by atoms with Gasteiger partial charge in [-0.2, -0.15) is 5.10 Å². The number of aromatic nitrogens is 2. The zero-order valence-electron chi connectivity index (χ0n) is 15.0. The van der Waals surface area contributed by atoms with E-state index in [9.17, 15) is 14.0 Å². The van der Waals surface area contributed by atoms with Crippen LogP contribution in [0.5, 0.6) is 0 Å². The lowest BCUT2D eigenvalue weighted by molar-refractivity contribution is 0.0600. The van der Waals surface area contributed by atoms with Gasteiger partial charge in [0.1, 0.15) is 10.8 Å². The smallest absolute Gasteiger partial charge is 0.337 e. The van der Waals surface area contributed by atoms with Gasteiger partial charge in [-0.05, 0) is 23.8 Å². The van der Waals surface area contributed by atoms with E-state index in [2.05, 4.69) is 15.2 Å². The third-order valence-corrected chi connectivity index (χ3v) is 4.46. The lowest BCUT2D eigenvalue weighted by Gasteiger charge is -2.11. The Labute approximate surface area is 165 Å². The molecule has 1 heterocycles. The molecular formula is C20H17ClFN3O3. The van der Waals surface area contributed by atoms with Gasteiger partial charge < -0.3 is 10.1 Å². The lowest BCUT2D eigenvalue weighted by atomic mass is 10.1. The second-order valence-electron chi connectivity index (χ2n) is 5.97. The first kappa shape index (κ1) is 19.6. The molecule has 0 fully saturated rings. The maximum Gasteiger partial charge on any atom is 0.337 e. The predicted molar refractivity (Wildman–Crippen MR) is 104 cm³/mol. The van der Waals surface area contributed by atoms with Crippen LogP contribution in [-0.2, 0) is 17.8 Å². The summed E-state index contributed by atoms with van der Waals surface area (Å²) in [5.41, 5.74) is 1.18. The highest BCUT2D eigenvalue weighted by molar-refractivity contribution is 6.32. The van der Waals surface area contributed by atoms with Crippen molar-refractivity contribution in [1.29, 1.82) is 0 Å². The maximum absolute atomic E-state index is 14.0. The van der Waals surface area contributed by atoms with Crippen molar-refractivity contribution in [2.45, 2.75) is 13.1 Å². The van der Waals surface area contributed by atoms with Crippen LogP contribution in [-0.4, -0.2) is 22.9 Å². The summed E-state index contributed by atoms with van der Waals surface area (Å²) in [6.07, 6.45) is 1.41. The first-order valence-electron chi connectivity index (χ1n) is 8.39. The Morgan fingerprint density at radius 1 is 1.25 bits per heavy atom. The van der Waals surface area contributed by atoms with E-state index in [0.717, 1.165) is 5.56 Å². The fourth-order valence-corrected chi connectivity index (χ4v) is 2.82. The van der Waals surface area contributed by atoms with Crippen LogP contribution in [0.3, 0.4) is 0 Å². The molecule has 0 aliphatic heterocycles. The number of nitrogens with zero attached hydrogens (tertiary/aromatic N) is 2. The average molecular weight is 402 g/mol. The van der Waals surface area contributed by atoms with Crippen molar-refractivity contribution >= 4 is 23.3 Å². The van der Waals surface area contributed by atoms with Crippen LogP contribution < -0.4 is 10.9 Å². The molecule has 3 rings (SSSR count). The Hall–Kier alpha value is -3.19. The molecule has 0 radical (unpaired) electrons. The summed E-state index contributed by atoms with van der Waals surface area (Å²) in [6.45, 7) is 0.301. The number of benzene rings is 2. The first-order chi connectivity index (χ1) is 13.5. The molecule has 144 valence electrons. The molecule has 2 aromatic carbocycles. The van der Waals surface area contributed by atoms with Gasteiger partial charge in [-0.3, -0.25) is 4.79 Å². The fourth-order valence-electron chi connectivity index (χ4n) is 2.60. The van der Waals surface area contributed by atoms with E-state index >= 15 is 0 Å². The van der Waals surface area contributed by atoms with E-state index in [-0.39, 0.29) is 34.9 Å². The molecule has 0 amide bonds. The van der Waals surface area contributed by atoms with Gasteiger partial charge in [-0.25, -0.2) is 13.9 Å². The molecule has 1 N–H and O–H groups in total. The molecule has 6 nitrogen and oxygen atoms in total. The summed E-state index contributed by atoms with van der Waals surface area (Å²) >= 11 is 6.17. The minimum absolute atomic E-state index is 0.0141. The van der Waals surface area contributed by atoms with Crippen molar-refractivity contribution in [1.82, 2.24) is 9.78 Å². The standard InChI is InChI=1S/C20H17ClFN3O3/c1-28-20(27)14-7-8-16(22)15(9-14)10-23-17-11-24-25(19(26)18(17)21)12-13-5-3-2-4-6-13/h2-9,11,23H,10,12H2,1H3. The summed E-state index contributed by atoms with van der Waals surface area (Å²) < 4.78 is 19.9. The second kappa shape index (κ2) is 8.67. The highest BCUT2D eigenvalue weighted by Gasteiger charge is 2.13. The van der Waals surface area contributed by atoms with E-state index in [1.807, 2.05) is 30.3 Å². The topological polar surface area (TPSA) is 73.2 Å². The maximum atomic E-state index is 14.0. The van der Waals surface area contributed by atoms with Crippen LogP contribution in [0.4, 0.5) is 10.1 Å². The highest BCUT2D eigenvalue weighted by atomic mass is 35.5. The highest BCUT2D eigenvalue weighted by Crippen LogP contribution is 2.19. The summed E-state index contributed by atoms with van der Waals surface area (Å²) in [6, 6.07) is 13.3. The van der Waals surface area contributed by atoms with Crippen LogP contribution in [0, 0.1) is 5.82 Å². The molecule has 0 atom stereocenters. The summed E-state index contributed by atoms with van der Waals surface area (Å²) in [7, 11) is 1.25. The normalized spacial score (nSPS) is 10.5. The van der Waals surface area contributed by atoms with Crippen molar-refractivity contribution in [3.8, 4) is 0 Å². The van der Waals surface area contributed by atoms with Crippen LogP contribution in [0.15, 0.2) is 59.5 Å². The van der Waals surface area contributed by atoms with Gasteiger partial charge in [-0.15, -0.1) is 0 Å². The molecule has 28 heavy (non-hydrogen) atoms. The number of hydrogen-bond acceptors (Lipinski definition) is 5. The Balaban J connectivity index is 1.78. The van der Waals surface area contributed by atoms with Crippen molar-refractivity contribution in [2.75, 3.05) is 12.4 Å². The Morgan fingerprint density at radius 2 is 2.00 bits per heavy atom. The number of halogens is 2. The SMILES string of the molecule is COC(=O)c1ccc(F)c(CNc2cnn(Cc3ccccc3)c(=O)c2Cl)c1. The second-order valence-corrected chi connectivity index (χ2v) is 6.35. The van der Waals surface area contributed by atoms with E-state index in [1.165, 1.54) is 36.2 Å². The van der Waals surface area contributed by atoms with Crippen molar-refractivity contribution in [3.05, 3.63) is 92.6 Å². The quantitative estimate of drug-likeness (QED) is 0.640. The number of hydrogen-bond donors (Lipinski definition) is 1. The van der Waals surface area contributed by atoms with Gasteiger partial charge in [0, 0.05) is 12.1 Å². The van der Waals surface area contributed by atoms with Crippen LogP contribution in [0.25, 0.3) is 0 Å². The Bertz CT molecular complexity index is 1050. The van der Waals surface area contributed by atoms with Gasteiger partial charge in [0.2, 0.25) is 0 Å². The number of carbonyl (C=O) groups excluding carboxylic acids is 1. The van der Waals surface area contributed by atoms with Gasteiger partial charge in [0.25, 0.3) is 5.56 Å². The molecule has 0 aliphatic rings. The van der Waals surface area contributed by atoms with Gasteiger partial charge >= 0.3 is 5.97 Å². The Morgan fingerprint density at radius 3 is 2.71 bits per heavy atom. The molecule has 0 saturated heterocycles. The third kappa shape index (κ3) is 4.37. The zero-order chi connectivity index (χ0) is 20.1. The lowest BCUT2D eigenvalue weighted by Crippen LogP contribution is -2.24. The molecule has 0 unspecified atom stereocenters. The first-order valence-corrected chi connectivity index (χ1v) is 8.77. The number of esters is 1. The molecule has 0 saturated carbocycles. The summed E-state index contributed by atoms with van der Waals surface area (Å²) in [4.78, 5) is 24.0. The van der Waals surface area contributed by atoms with Crippen molar-refractivity contribution in [3.63, 3.8) is 0 Å². The van der Waals surface area contributed by atoms with E-state index in [4.69, 9.17) is 11.6 Å². The molecular weight excluding hydrogens is 385 g/mol. The number of nitrogens with one attached hydrogen (secondary N) is 1.